The molecule has 0 aromatic heterocycles. The molecule has 1 saturated heterocycles. The van der Waals surface area contributed by atoms with Gasteiger partial charge in [-0.15, -0.1) is 0 Å². The number of hydrogen-bond donors (Lipinski definition) is 1. The van der Waals surface area contributed by atoms with Gasteiger partial charge in [-0.2, -0.15) is 0 Å². The number of hydrogen-bond acceptors (Lipinski definition) is 2. The Bertz CT molecular complexity index is 415. The zero-order valence-electron chi connectivity index (χ0n) is 10.2. The molecule has 1 aliphatic carbocycles. The Morgan fingerprint density at radius 3 is 2.82 bits per heavy atom. The molecule has 1 aliphatic heterocycles. The van der Waals surface area contributed by atoms with E-state index in [-0.39, 0.29) is 0 Å². The van der Waals surface area contributed by atoms with Crippen molar-refractivity contribution in [2.45, 2.75) is 38.3 Å². The lowest BCUT2D eigenvalue weighted by Crippen LogP contribution is -2.34. The molecule has 2 fully saturated rings. The van der Waals surface area contributed by atoms with Gasteiger partial charge in [0.1, 0.15) is 0 Å². The van der Waals surface area contributed by atoms with E-state index in [1.807, 2.05) is 12.1 Å². The van der Waals surface area contributed by atoms with Gasteiger partial charge in [-0.3, -0.25) is 0 Å². The smallest absolute Gasteiger partial charge is 0.0455 e. The molecule has 17 heavy (non-hydrogen) atoms. The SMILES string of the molecule is Cc1c(Cl)cccc1N1CCC(NC2CC2)C1. The molecule has 1 saturated carbocycles. The van der Waals surface area contributed by atoms with Crippen LogP contribution in [0.3, 0.4) is 0 Å². The van der Waals surface area contributed by atoms with Crippen LogP contribution >= 0.6 is 11.6 Å². The number of benzene rings is 1. The van der Waals surface area contributed by atoms with E-state index in [1.54, 1.807) is 0 Å². The van der Waals surface area contributed by atoms with Gasteiger partial charge >= 0.3 is 0 Å². The molecule has 0 amide bonds. The first-order chi connectivity index (χ1) is 8.24. The van der Waals surface area contributed by atoms with Gasteiger partial charge in [0, 0.05) is 35.9 Å². The second-order valence-corrected chi connectivity index (χ2v) is 5.66. The van der Waals surface area contributed by atoms with Crippen molar-refractivity contribution in [2.75, 3.05) is 18.0 Å². The van der Waals surface area contributed by atoms with Crippen LogP contribution in [-0.4, -0.2) is 25.2 Å². The quantitative estimate of drug-likeness (QED) is 0.887. The Hall–Kier alpha value is -0.730. The van der Waals surface area contributed by atoms with E-state index in [1.165, 1.54) is 30.5 Å². The second kappa shape index (κ2) is 4.51. The molecular weight excluding hydrogens is 232 g/mol. The van der Waals surface area contributed by atoms with Crippen molar-refractivity contribution in [3.05, 3.63) is 28.8 Å². The van der Waals surface area contributed by atoms with Crippen molar-refractivity contribution < 1.29 is 0 Å². The van der Waals surface area contributed by atoms with Crippen LogP contribution in [0.25, 0.3) is 0 Å². The highest BCUT2D eigenvalue weighted by molar-refractivity contribution is 6.31. The van der Waals surface area contributed by atoms with E-state index in [9.17, 15) is 0 Å². The maximum absolute atomic E-state index is 6.18. The van der Waals surface area contributed by atoms with Crippen molar-refractivity contribution in [3.63, 3.8) is 0 Å². The summed E-state index contributed by atoms with van der Waals surface area (Å²) in [6.45, 7) is 4.38. The van der Waals surface area contributed by atoms with Gasteiger partial charge in [0.2, 0.25) is 0 Å². The van der Waals surface area contributed by atoms with Crippen LogP contribution in [0.4, 0.5) is 5.69 Å². The van der Waals surface area contributed by atoms with Gasteiger partial charge < -0.3 is 10.2 Å². The predicted molar refractivity (Wildman–Crippen MR) is 73.0 cm³/mol. The third kappa shape index (κ3) is 2.43. The zero-order valence-corrected chi connectivity index (χ0v) is 11.0. The predicted octanol–water partition coefficient (Wildman–Crippen LogP) is 2.98. The van der Waals surface area contributed by atoms with Crippen LogP contribution in [0.5, 0.6) is 0 Å². The lowest BCUT2D eigenvalue weighted by atomic mass is 10.2. The van der Waals surface area contributed by atoms with E-state index < -0.39 is 0 Å². The van der Waals surface area contributed by atoms with Gasteiger partial charge in [0.25, 0.3) is 0 Å². The summed E-state index contributed by atoms with van der Waals surface area (Å²) in [5.74, 6) is 0. The number of anilines is 1. The normalized spacial score (nSPS) is 24.4. The largest absolute Gasteiger partial charge is 0.370 e. The minimum atomic E-state index is 0.667. The van der Waals surface area contributed by atoms with E-state index in [4.69, 9.17) is 11.6 Å². The highest BCUT2D eigenvalue weighted by Gasteiger charge is 2.29. The zero-order chi connectivity index (χ0) is 11.8. The summed E-state index contributed by atoms with van der Waals surface area (Å²) >= 11 is 6.18. The summed E-state index contributed by atoms with van der Waals surface area (Å²) in [6.07, 6.45) is 3.99. The third-order valence-electron chi connectivity index (χ3n) is 3.82. The minimum absolute atomic E-state index is 0.667. The van der Waals surface area contributed by atoms with Gasteiger partial charge in [-0.1, -0.05) is 17.7 Å². The summed E-state index contributed by atoms with van der Waals surface area (Å²) < 4.78 is 0. The Balaban J connectivity index is 1.70. The number of halogens is 1. The fourth-order valence-electron chi connectivity index (χ4n) is 2.64. The van der Waals surface area contributed by atoms with Crippen molar-refractivity contribution in [1.82, 2.24) is 5.32 Å². The third-order valence-corrected chi connectivity index (χ3v) is 4.23. The molecule has 0 spiro atoms. The van der Waals surface area contributed by atoms with Gasteiger partial charge in [0.15, 0.2) is 0 Å². The maximum Gasteiger partial charge on any atom is 0.0455 e. The Morgan fingerprint density at radius 1 is 1.24 bits per heavy atom. The van der Waals surface area contributed by atoms with Crippen molar-refractivity contribution in [2.24, 2.45) is 0 Å². The Labute approximate surface area is 108 Å². The van der Waals surface area contributed by atoms with Gasteiger partial charge in [-0.25, -0.2) is 0 Å². The molecule has 2 aliphatic rings. The van der Waals surface area contributed by atoms with Crippen molar-refractivity contribution in [1.29, 1.82) is 0 Å². The molecule has 92 valence electrons. The summed E-state index contributed by atoms with van der Waals surface area (Å²) in [5, 5.41) is 4.59. The van der Waals surface area contributed by atoms with Crippen LogP contribution in [0.1, 0.15) is 24.8 Å². The van der Waals surface area contributed by atoms with Crippen LogP contribution < -0.4 is 10.2 Å². The highest BCUT2D eigenvalue weighted by Crippen LogP contribution is 2.30. The molecule has 3 heteroatoms. The van der Waals surface area contributed by atoms with Crippen LogP contribution in [0, 0.1) is 6.92 Å². The first-order valence-electron chi connectivity index (χ1n) is 6.50. The fourth-order valence-corrected chi connectivity index (χ4v) is 2.81. The Kier molecular flexibility index (Phi) is 3.01. The van der Waals surface area contributed by atoms with Gasteiger partial charge in [0.05, 0.1) is 0 Å². The van der Waals surface area contributed by atoms with Crippen molar-refractivity contribution in [3.8, 4) is 0 Å². The summed E-state index contributed by atoms with van der Waals surface area (Å²) in [5.41, 5.74) is 2.51. The van der Waals surface area contributed by atoms with E-state index in [0.29, 0.717) is 6.04 Å². The molecule has 2 nitrogen and oxygen atoms in total. The molecular formula is C14H19ClN2. The average Bonchev–Trinajstić information content (AvgIpc) is 3.00. The number of nitrogens with one attached hydrogen (secondary N) is 1. The maximum atomic E-state index is 6.18. The van der Waals surface area contributed by atoms with Crippen molar-refractivity contribution >= 4 is 17.3 Å². The number of rotatable bonds is 3. The molecule has 1 N–H and O–H groups in total. The molecule has 1 heterocycles. The molecule has 0 bridgehead atoms. The topological polar surface area (TPSA) is 15.3 Å². The highest BCUT2D eigenvalue weighted by atomic mass is 35.5. The van der Waals surface area contributed by atoms with Crippen LogP contribution in [-0.2, 0) is 0 Å². The fraction of sp³-hybridized carbons (Fsp3) is 0.571. The monoisotopic (exact) mass is 250 g/mol. The summed E-state index contributed by atoms with van der Waals surface area (Å²) in [6, 6.07) is 7.67. The summed E-state index contributed by atoms with van der Waals surface area (Å²) in [7, 11) is 0. The van der Waals surface area contributed by atoms with E-state index in [0.717, 1.165) is 24.2 Å². The molecule has 1 unspecified atom stereocenters. The minimum Gasteiger partial charge on any atom is -0.370 e. The molecule has 1 atom stereocenters. The average molecular weight is 251 g/mol. The first-order valence-corrected chi connectivity index (χ1v) is 6.88. The molecule has 0 radical (unpaired) electrons. The molecule has 3 rings (SSSR count). The van der Waals surface area contributed by atoms with Crippen LogP contribution in [0.15, 0.2) is 18.2 Å². The second-order valence-electron chi connectivity index (χ2n) is 5.26. The summed E-state index contributed by atoms with van der Waals surface area (Å²) in [4.78, 5) is 2.46. The van der Waals surface area contributed by atoms with E-state index >= 15 is 0 Å². The Morgan fingerprint density at radius 2 is 2.06 bits per heavy atom. The first kappa shape index (κ1) is 11.4. The van der Waals surface area contributed by atoms with Gasteiger partial charge in [-0.05, 0) is 43.9 Å². The lowest BCUT2D eigenvalue weighted by Gasteiger charge is -2.21. The molecule has 1 aromatic rings. The van der Waals surface area contributed by atoms with E-state index in [2.05, 4.69) is 23.2 Å². The number of nitrogens with zero attached hydrogens (tertiary/aromatic N) is 1. The molecule has 1 aromatic carbocycles. The lowest BCUT2D eigenvalue weighted by molar-refractivity contribution is 0.548. The van der Waals surface area contributed by atoms with Crippen LogP contribution in [0.2, 0.25) is 5.02 Å². The standard InChI is InChI=1S/C14H19ClN2/c1-10-13(15)3-2-4-14(10)17-8-7-12(9-17)16-11-5-6-11/h2-4,11-12,16H,5-9H2,1H3.